The van der Waals surface area contributed by atoms with Crippen molar-refractivity contribution >= 4 is 17.7 Å². The standard InChI is InChI=1S/C18H21NO4S/c1-19(18(21)12-6-5-7-14(20)8-12)11-13-9-15(22-2)16(23-3)10-17(13)24-4/h5-10,20H,11H2,1-4H3. The molecule has 2 aromatic rings. The van der Waals surface area contributed by atoms with Gasteiger partial charge in [-0.25, -0.2) is 0 Å². The van der Waals surface area contributed by atoms with Crippen molar-refractivity contribution in [3.8, 4) is 17.2 Å². The monoisotopic (exact) mass is 347 g/mol. The van der Waals surface area contributed by atoms with E-state index >= 15 is 0 Å². The van der Waals surface area contributed by atoms with Gasteiger partial charge in [0.2, 0.25) is 0 Å². The summed E-state index contributed by atoms with van der Waals surface area (Å²) in [4.78, 5) is 15.2. The van der Waals surface area contributed by atoms with Crippen LogP contribution < -0.4 is 9.47 Å². The van der Waals surface area contributed by atoms with Gasteiger partial charge in [-0.2, -0.15) is 0 Å². The number of carbonyl (C=O) groups excluding carboxylic acids is 1. The molecule has 5 nitrogen and oxygen atoms in total. The molecule has 0 saturated carbocycles. The lowest BCUT2D eigenvalue weighted by Crippen LogP contribution is -2.26. The number of phenolic OH excluding ortho intramolecular Hbond substituents is 1. The number of rotatable bonds is 6. The molecule has 0 bridgehead atoms. The third-order valence-corrected chi connectivity index (χ3v) is 4.45. The molecule has 0 heterocycles. The van der Waals surface area contributed by atoms with Gasteiger partial charge in [-0.05, 0) is 42.2 Å². The second-order valence-electron chi connectivity index (χ2n) is 5.23. The van der Waals surface area contributed by atoms with E-state index in [9.17, 15) is 9.90 Å². The molecule has 0 atom stereocenters. The molecule has 0 aliphatic rings. The number of amides is 1. The molecule has 0 aliphatic heterocycles. The fourth-order valence-corrected chi connectivity index (χ4v) is 3.01. The highest BCUT2D eigenvalue weighted by Crippen LogP contribution is 2.35. The summed E-state index contributed by atoms with van der Waals surface area (Å²) >= 11 is 1.58. The molecule has 0 aliphatic carbocycles. The number of carbonyl (C=O) groups is 1. The summed E-state index contributed by atoms with van der Waals surface area (Å²) < 4.78 is 10.7. The van der Waals surface area contributed by atoms with Gasteiger partial charge in [0.05, 0.1) is 14.2 Å². The third kappa shape index (κ3) is 3.94. The second-order valence-corrected chi connectivity index (χ2v) is 6.08. The molecule has 0 unspecified atom stereocenters. The first-order valence-electron chi connectivity index (χ1n) is 7.33. The van der Waals surface area contributed by atoms with Crippen LogP contribution in [-0.4, -0.2) is 43.4 Å². The number of methoxy groups -OCH3 is 2. The SMILES string of the molecule is COc1cc(CN(C)C(=O)c2cccc(O)c2)c(SC)cc1OC. The van der Waals surface area contributed by atoms with E-state index in [0.29, 0.717) is 23.6 Å². The Kier molecular flexibility index (Phi) is 5.98. The first kappa shape index (κ1) is 18.0. The van der Waals surface area contributed by atoms with E-state index in [-0.39, 0.29) is 11.7 Å². The fourth-order valence-electron chi connectivity index (χ4n) is 2.40. The van der Waals surface area contributed by atoms with E-state index in [1.54, 1.807) is 50.1 Å². The number of ether oxygens (including phenoxy) is 2. The topological polar surface area (TPSA) is 59.0 Å². The van der Waals surface area contributed by atoms with Crippen molar-refractivity contribution in [3.63, 3.8) is 0 Å². The summed E-state index contributed by atoms with van der Waals surface area (Å²) in [5.41, 5.74) is 1.42. The van der Waals surface area contributed by atoms with Crippen LogP contribution in [0, 0.1) is 0 Å². The highest BCUT2D eigenvalue weighted by molar-refractivity contribution is 7.98. The number of hydrogen-bond acceptors (Lipinski definition) is 5. The molecular formula is C18H21NO4S. The van der Waals surface area contributed by atoms with Gasteiger partial charge < -0.3 is 19.5 Å². The number of aromatic hydroxyl groups is 1. The smallest absolute Gasteiger partial charge is 0.254 e. The van der Waals surface area contributed by atoms with Gasteiger partial charge in [0, 0.05) is 24.1 Å². The number of benzene rings is 2. The minimum Gasteiger partial charge on any atom is -0.508 e. The van der Waals surface area contributed by atoms with Crippen molar-refractivity contribution in [3.05, 3.63) is 47.5 Å². The van der Waals surface area contributed by atoms with Crippen LogP contribution in [0.2, 0.25) is 0 Å². The van der Waals surface area contributed by atoms with E-state index in [1.807, 2.05) is 18.4 Å². The van der Waals surface area contributed by atoms with Crippen molar-refractivity contribution in [1.82, 2.24) is 4.90 Å². The van der Waals surface area contributed by atoms with Gasteiger partial charge in [-0.3, -0.25) is 4.79 Å². The average molecular weight is 347 g/mol. The van der Waals surface area contributed by atoms with Gasteiger partial charge in [-0.1, -0.05) is 6.07 Å². The zero-order chi connectivity index (χ0) is 17.7. The average Bonchev–Trinajstić information content (AvgIpc) is 2.60. The van der Waals surface area contributed by atoms with Gasteiger partial charge in [-0.15, -0.1) is 11.8 Å². The maximum Gasteiger partial charge on any atom is 0.254 e. The largest absolute Gasteiger partial charge is 0.508 e. The minimum absolute atomic E-state index is 0.0742. The van der Waals surface area contributed by atoms with Crippen LogP contribution in [0.3, 0.4) is 0 Å². The third-order valence-electron chi connectivity index (χ3n) is 3.63. The Morgan fingerprint density at radius 3 is 2.42 bits per heavy atom. The number of thioether (sulfide) groups is 1. The van der Waals surface area contributed by atoms with Crippen molar-refractivity contribution < 1.29 is 19.4 Å². The lowest BCUT2D eigenvalue weighted by molar-refractivity contribution is 0.0783. The lowest BCUT2D eigenvalue weighted by atomic mass is 10.1. The highest BCUT2D eigenvalue weighted by atomic mass is 32.2. The van der Waals surface area contributed by atoms with Crippen molar-refractivity contribution in [2.45, 2.75) is 11.4 Å². The Morgan fingerprint density at radius 1 is 1.17 bits per heavy atom. The fraction of sp³-hybridized carbons (Fsp3) is 0.278. The summed E-state index contributed by atoms with van der Waals surface area (Å²) in [7, 11) is 4.91. The molecule has 0 fully saturated rings. The molecule has 0 saturated heterocycles. The second kappa shape index (κ2) is 7.97. The summed E-state index contributed by atoms with van der Waals surface area (Å²) in [6.07, 6.45) is 1.97. The van der Waals surface area contributed by atoms with Crippen LogP contribution in [0.5, 0.6) is 17.2 Å². The van der Waals surface area contributed by atoms with Crippen LogP contribution >= 0.6 is 11.8 Å². The van der Waals surface area contributed by atoms with Crippen LogP contribution in [0.15, 0.2) is 41.3 Å². The zero-order valence-electron chi connectivity index (χ0n) is 14.2. The van der Waals surface area contributed by atoms with E-state index in [4.69, 9.17) is 9.47 Å². The molecule has 24 heavy (non-hydrogen) atoms. The van der Waals surface area contributed by atoms with Gasteiger partial charge in [0.1, 0.15) is 5.75 Å². The Bertz CT molecular complexity index is 733. The molecule has 2 rings (SSSR count). The Labute approximate surface area is 146 Å². The first-order valence-corrected chi connectivity index (χ1v) is 8.56. The molecule has 1 amide bonds. The highest BCUT2D eigenvalue weighted by Gasteiger charge is 2.16. The van der Waals surface area contributed by atoms with Crippen molar-refractivity contribution in [1.29, 1.82) is 0 Å². The first-order chi connectivity index (χ1) is 11.5. The van der Waals surface area contributed by atoms with Gasteiger partial charge >= 0.3 is 0 Å². The molecule has 1 N–H and O–H groups in total. The summed E-state index contributed by atoms with van der Waals surface area (Å²) in [6.45, 7) is 0.422. The van der Waals surface area contributed by atoms with Crippen molar-refractivity contribution in [2.75, 3.05) is 27.5 Å². The van der Waals surface area contributed by atoms with Gasteiger partial charge in [0.25, 0.3) is 5.91 Å². The van der Waals surface area contributed by atoms with Crippen LogP contribution in [0.25, 0.3) is 0 Å². The maximum absolute atomic E-state index is 12.5. The maximum atomic E-state index is 12.5. The molecule has 6 heteroatoms. The molecular weight excluding hydrogens is 326 g/mol. The Balaban J connectivity index is 2.27. The predicted molar refractivity (Wildman–Crippen MR) is 95.2 cm³/mol. The minimum atomic E-state index is -0.160. The van der Waals surface area contributed by atoms with Crippen LogP contribution in [0.1, 0.15) is 15.9 Å². The molecule has 2 aromatic carbocycles. The van der Waals surface area contributed by atoms with Crippen molar-refractivity contribution in [2.24, 2.45) is 0 Å². The number of phenols is 1. The summed E-state index contributed by atoms with van der Waals surface area (Å²) in [6, 6.07) is 10.1. The zero-order valence-corrected chi connectivity index (χ0v) is 15.0. The molecule has 0 aromatic heterocycles. The molecule has 0 spiro atoms. The van der Waals surface area contributed by atoms with E-state index in [2.05, 4.69) is 0 Å². The number of hydrogen-bond donors (Lipinski definition) is 1. The normalized spacial score (nSPS) is 10.3. The van der Waals surface area contributed by atoms with Gasteiger partial charge in [0.15, 0.2) is 11.5 Å². The molecule has 128 valence electrons. The quantitative estimate of drug-likeness (QED) is 0.812. The Hall–Kier alpha value is -2.34. The summed E-state index contributed by atoms with van der Waals surface area (Å²) in [5, 5.41) is 9.54. The van der Waals surface area contributed by atoms with Crippen LogP contribution in [0.4, 0.5) is 0 Å². The van der Waals surface area contributed by atoms with E-state index in [0.717, 1.165) is 10.5 Å². The predicted octanol–water partition coefficient (Wildman–Crippen LogP) is 3.40. The molecule has 0 radical (unpaired) electrons. The number of nitrogens with zero attached hydrogens (tertiary/aromatic N) is 1. The summed E-state index contributed by atoms with van der Waals surface area (Å²) in [5.74, 6) is 1.20. The Morgan fingerprint density at radius 2 is 1.83 bits per heavy atom. The van der Waals surface area contributed by atoms with E-state index in [1.165, 1.54) is 12.1 Å². The van der Waals surface area contributed by atoms with E-state index < -0.39 is 0 Å². The lowest BCUT2D eigenvalue weighted by Gasteiger charge is -2.20. The van der Waals surface area contributed by atoms with Crippen LogP contribution in [-0.2, 0) is 6.54 Å².